The lowest BCUT2D eigenvalue weighted by molar-refractivity contribution is -0.137. The van der Waals surface area contributed by atoms with Crippen LogP contribution >= 0.6 is 23.2 Å². The van der Waals surface area contributed by atoms with Crippen LogP contribution in [-0.4, -0.2) is 30.1 Å². The molecule has 1 aromatic heterocycles. The summed E-state index contributed by atoms with van der Waals surface area (Å²) in [5.41, 5.74) is 0.802. The Kier molecular flexibility index (Phi) is 7.66. The van der Waals surface area contributed by atoms with E-state index < -0.39 is 17.6 Å². The van der Waals surface area contributed by atoms with E-state index in [0.29, 0.717) is 43.6 Å². The van der Waals surface area contributed by atoms with Gasteiger partial charge in [-0.2, -0.15) is 13.2 Å². The minimum Gasteiger partial charge on any atom is -0.495 e. The van der Waals surface area contributed by atoms with Crippen LogP contribution in [0.15, 0.2) is 61.3 Å². The van der Waals surface area contributed by atoms with Crippen LogP contribution < -0.4 is 20.1 Å². The van der Waals surface area contributed by atoms with Crippen LogP contribution in [0.2, 0.25) is 10.0 Å². The van der Waals surface area contributed by atoms with Crippen molar-refractivity contribution in [1.29, 1.82) is 0 Å². The molecule has 0 fully saturated rings. The van der Waals surface area contributed by atoms with E-state index in [-0.39, 0.29) is 17.3 Å². The van der Waals surface area contributed by atoms with Crippen LogP contribution in [0.1, 0.15) is 5.56 Å². The third-order valence-electron chi connectivity index (χ3n) is 5.48. The van der Waals surface area contributed by atoms with E-state index in [4.69, 9.17) is 32.7 Å². The molecule has 38 heavy (non-hydrogen) atoms. The standard InChI is InChI=1S/C26H19Cl2F3N4O3/c1-4-21(36)33-18-10-15(26(29,30)31)6-8-17(18)35-25-32-12-14-9-13(5-7-16(14)34-25)22-23(27)19(37-2)11-20(38-3)24(22)28/h4-12H,1H2,2-3H3,(H,33,36)(H,32,34,35). The molecule has 1 amide bonds. The molecule has 0 bridgehead atoms. The molecule has 12 heteroatoms. The van der Waals surface area contributed by atoms with Gasteiger partial charge in [0.15, 0.2) is 0 Å². The van der Waals surface area contributed by atoms with Gasteiger partial charge >= 0.3 is 6.18 Å². The number of hydrogen-bond donors (Lipinski definition) is 2. The average molecular weight is 563 g/mol. The Labute approximate surface area is 225 Å². The summed E-state index contributed by atoms with van der Waals surface area (Å²) in [6.45, 7) is 3.32. The van der Waals surface area contributed by atoms with Crippen molar-refractivity contribution in [1.82, 2.24) is 9.97 Å². The van der Waals surface area contributed by atoms with Crippen molar-refractivity contribution < 1.29 is 27.4 Å². The second-order valence-electron chi connectivity index (χ2n) is 7.83. The number of alkyl halides is 3. The van der Waals surface area contributed by atoms with E-state index in [1.807, 2.05) is 0 Å². The van der Waals surface area contributed by atoms with E-state index in [1.54, 1.807) is 24.3 Å². The Bertz CT molecular complexity index is 1530. The number of benzene rings is 3. The summed E-state index contributed by atoms with van der Waals surface area (Å²) in [5, 5.41) is 6.45. The molecule has 7 nitrogen and oxygen atoms in total. The molecular weight excluding hydrogens is 544 g/mol. The quantitative estimate of drug-likeness (QED) is 0.227. The number of carbonyl (C=O) groups excluding carboxylic acids is 1. The second kappa shape index (κ2) is 10.8. The van der Waals surface area contributed by atoms with Crippen molar-refractivity contribution in [2.24, 2.45) is 0 Å². The normalized spacial score (nSPS) is 11.2. The van der Waals surface area contributed by atoms with Crippen LogP contribution in [0.4, 0.5) is 30.5 Å². The van der Waals surface area contributed by atoms with Crippen molar-refractivity contribution in [3.63, 3.8) is 0 Å². The zero-order valence-electron chi connectivity index (χ0n) is 19.9. The van der Waals surface area contributed by atoms with Crippen LogP contribution in [-0.2, 0) is 11.0 Å². The van der Waals surface area contributed by atoms with E-state index in [2.05, 4.69) is 27.2 Å². The molecule has 0 aliphatic heterocycles. The molecule has 196 valence electrons. The summed E-state index contributed by atoms with van der Waals surface area (Å²) < 4.78 is 50.3. The summed E-state index contributed by atoms with van der Waals surface area (Å²) in [5.74, 6) is 0.188. The number of carbonyl (C=O) groups is 1. The molecule has 3 aromatic carbocycles. The first-order chi connectivity index (χ1) is 18.0. The molecule has 0 aliphatic rings. The Morgan fingerprint density at radius 3 is 2.29 bits per heavy atom. The summed E-state index contributed by atoms with van der Waals surface area (Å²) in [6.07, 6.45) is -2.12. The fourth-order valence-electron chi connectivity index (χ4n) is 3.63. The van der Waals surface area contributed by atoms with Gasteiger partial charge in [0, 0.05) is 23.2 Å². The molecule has 4 aromatic rings. The van der Waals surface area contributed by atoms with Crippen LogP contribution in [0, 0.1) is 0 Å². The minimum atomic E-state index is -4.60. The predicted octanol–water partition coefficient (Wildman–Crippen LogP) is 7.51. The highest BCUT2D eigenvalue weighted by Crippen LogP contribution is 2.46. The second-order valence-corrected chi connectivity index (χ2v) is 8.58. The van der Waals surface area contributed by atoms with E-state index in [0.717, 1.165) is 18.2 Å². The lowest BCUT2D eigenvalue weighted by Gasteiger charge is -2.16. The molecule has 0 saturated carbocycles. The number of anilines is 3. The summed E-state index contributed by atoms with van der Waals surface area (Å²) in [7, 11) is 2.96. The first kappa shape index (κ1) is 27.0. The van der Waals surface area contributed by atoms with Crippen molar-refractivity contribution in [2.75, 3.05) is 24.9 Å². The predicted molar refractivity (Wildman–Crippen MR) is 142 cm³/mol. The van der Waals surface area contributed by atoms with Gasteiger partial charge < -0.3 is 20.1 Å². The Morgan fingerprint density at radius 1 is 1.00 bits per heavy atom. The smallest absolute Gasteiger partial charge is 0.416 e. The molecule has 0 aliphatic carbocycles. The topological polar surface area (TPSA) is 85.4 Å². The summed E-state index contributed by atoms with van der Waals surface area (Å²) in [6, 6.07) is 9.70. The number of methoxy groups -OCH3 is 2. The highest BCUT2D eigenvalue weighted by atomic mass is 35.5. The van der Waals surface area contributed by atoms with Gasteiger partial charge in [-0.1, -0.05) is 35.8 Å². The van der Waals surface area contributed by atoms with Crippen molar-refractivity contribution in [3.05, 3.63) is 76.9 Å². The molecule has 1 heterocycles. The zero-order chi connectivity index (χ0) is 27.6. The van der Waals surface area contributed by atoms with Crippen LogP contribution in [0.25, 0.3) is 22.0 Å². The van der Waals surface area contributed by atoms with Crippen molar-refractivity contribution >= 4 is 57.3 Å². The molecular formula is C26H19Cl2F3N4O3. The minimum absolute atomic E-state index is 0.0956. The zero-order valence-corrected chi connectivity index (χ0v) is 21.4. The maximum atomic E-state index is 13.2. The molecule has 2 N–H and O–H groups in total. The van der Waals surface area contributed by atoms with Gasteiger partial charge in [-0.05, 0) is 42.0 Å². The summed E-state index contributed by atoms with van der Waals surface area (Å²) in [4.78, 5) is 20.5. The number of aromatic nitrogens is 2. The number of nitrogens with one attached hydrogen (secondary N) is 2. The fourth-order valence-corrected chi connectivity index (χ4v) is 4.34. The number of halogens is 5. The number of hydrogen-bond acceptors (Lipinski definition) is 6. The van der Waals surface area contributed by atoms with Gasteiger partial charge in [-0.3, -0.25) is 4.79 Å². The van der Waals surface area contributed by atoms with Gasteiger partial charge in [0.25, 0.3) is 0 Å². The van der Waals surface area contributed by atoms with Crippen LogP contribution in [0.3, 0.4) is 0 Å². The maximum Gasteiger partial charge on any atom is 0.416 e. The van der Waals surface area contributed by atoms with Crippen molar-refractivity contribution in [3.8, 4) is 22.6 Å². The first-order valence-electron chi connectivity index (χ1n) is 10.8. The number of amides is 1. The fraction of sp³-hybridized carbons (Fsp3) is 0.115. The molecule has 4 rings (SSSR count). The average Bonchev–Trinajstić information content (AvgIpc) is 2.89. The third-order valence-corrected chi connectivity index (χ3v) is 6.23. The maximum absolute atomic E-state index is 13.2. The molecule has 0 radical (unpaired) electrons. The number of rotatable bonds is 7. The van der Waals surface area contributed by atoms with Gasteiger partial charge in [-0.15, -0.1) is 0 Å². The number of ether oxygens (including phenoxy) is 2. The van der Waals surface area contributed by atoms with Crippen LogP contribution in [0.5, 0.6) is 11.5 Å². The lowest BCUT2D eigenvalue weighted by Crippen LogP contribution is -2.12. The highest BCUT2D eigenvalue weighted by Gasteiger charge is 2.31. The molecule has 0 spiro atoms. The van der Waals surface area contributed by atoms with Crippen molar-refractivity contribution in [2.45, 2.75) is 6.18 Å². The molecule has 0 saturated heterocycles. The Balaban J connectivity index is 1.71. The number of fused-ring (bicyclic) bond motifs is 1. The van der Waals surface area contributed by atoms with E-state index in [1.165, 1.54) is 26.5 Å². The Hall–Kier alpha value is -4.02. The third kappa shape index (κ3) is 5.46. The Morgan fingerprint density at radius 2 is 1.68 bits per heavy atom. The van der Waals surface area contributed by atoms with Gasteiger partial charge in [0.2, 0.25) is 11.9 Å². The van der Waals surface area contributed by atoms with E-state index >= 15 is 0 Å². The molecule has 0 unspecified atom stereocenters. The highest BCUT2D eigenvalue weighted by molar-refractivity contribution is 6.41. The van der Waals surface area contributed by atoms with Gasteiger partial charge in [-0.25, -0.2) is 9.97 Å². The largest absolute Gasteiger partial charge is 0.495 e. The van der Waals surface area contributed by atoms with E-state index in [9.17, 15) is 18.0 Å². The monoisotopic (exact) mass is 562 g/mol. The lowest BCUT2D eigenvalue weighted by atomic mass is 10.0. The summed E-state index contributed by atoms with van der Waals surface area (Å²) >= 11 is 13.1. The molecule has 0 atom stereocenters. The van der Waals surface area contributed by atoms with Gasteiger partial charge in [0.05, 0.1) is 46.7 Å². The van der Waals surface area contributed by atoms with Gasteiger partial charge in [0.1, 0.15) is 11.5 Å². The SMILES string of the molecule is C=CC(=O)Nc1cc(C(F)(F)F)ccc1Nc1ncc2cc(-c3c(Cl)c(OC)cc(OC)c3Cl)ccc2n1. The first-order valence-corrected chi connectivity index (χ1v) is 11.6. The number of nitrogens with zero attached hydrogens (tertiary/aromatic N) is 2.